The van der Waals surface area contributed by atoms with E-state index in [1.807, 2.05) is 13.8 Å². The fourth-order valence-corrected chi connectivity index (χ4v) is 2.16. The minimum Gasteiger partial charge on any atom is -0.296 e. The topological polar surface area (TPSA) is 3.24 Å². The Hall–Kier alpha value is -0.820. The molecule has 1 aliphatic heterocycles. The Bertz CT molecular complexity index is 293. The standard InChI is InChI=1S/C12H17N.C2H6/c1-3-13-9-12-7-5-4-6-11(12)8-10(13)2;1-2/h4-7,10H,3,8-9H2,1-2H3;1-2H3. The first-order valence-corrected chi connectivity index (χ1v) is 6.12. The van der Waals surface area contributed by atoms with Crippen molar-refractivity contribution in [3.05, 3.63) is 35.4 Å². The van der Waals surface area contributed by atoms with Crippen LogP contribution in [0.3, 0.4) is 0 Å². The molecule has 1 atom stereocenters. The second kappa shape index (κ2) is 5.92. The minimum absolute atomic E-state index is 0.708. The van der Waals surface area contributed by atoms with Gasteiger partial charge in [0.2, 0.25) is 0 Å². The maximum atomic E-state index is 2.53. The second-order valence-electron chi connectivity index (χ2n) is 3.88. The van der Waals surface area contributed by atoms with Gasteiger partial charge in [-0.1, -0.05) is 45.0 Å². The van der Waals surface area contributed by atoms with Crippen LogP contribution in [0, 0.1) is 0 Å². The quantitative estimate of drug-likeness (QED) is 0.678. The molecular weight excluding hydrogens is 182 g/mol. The van der Waals surface area contributed by atoms with Crippen LogP contribution in [-0.2, 0) is 13.0 Å². The molecule has 0 amide bonds. The third-order valence-electron chi connectivity index (χ3n) is 3.04. The van der Waals surface area contributed by atoms with Gasteiger partial charge in [-0.3, -0.25) is 4.90 Å². The normalized spacial score (nSPS) is 20.1. The highest BCUT2D eigenvalue weighted by molar-refractivity contribution is 5.29. The molecule has 0 aliphatic carbocycles. The summed E-state index contributed by atoms with van der Waals surface area (Å²) >= 11 is 0. The van der Waals surface area contributed by atoms with E-state index in [4.69, 9.17) is 0 Å². The molecule has 0 N–H and O–H groups in total. The Labute approximate surface area is 94.1 Å². The van der Waals surface area contributed by atoms with E-state index in [0.717, 1.165) is 13.1 Å². The van der Waals surface area contributed by atoms with Gasteiger partial charge in [0.1, 0.15) is 0 Å². The zero-order chi connectivity index (χ0) is 11.3. The van der Waals surface area contributed by atoms with Crippen LogP contribution in [0.4, 0.5) is 0 Å². The summed E-state index contributed by atoms with van der Waals surface area (Å²) in [6.45, 7) is 10.9. The minimum atomic E-state index is 0.708. The Balaban J connectivity index is 0.000000531. The first-order valence-electron chi connectivity index (χ1n) is 6.12. The first kappa shape index (κ1) is 12.3. The van der Waals surface area contributed by atoms with Crippen LogP contribution >= 0.6 is 0 Å². The van der Waals surface area contributed by atoms with E-state index in [1.165, 1.54) is 12.0 Å². The van der Waals surface area contributed by atoms with Crippen molar-refractivity contribution in [2.45, 2.75) is 46.7 Å². The fourth-order valence-electron chi connectivity index (χ4n) is 2.16. The van der Waals surface area contributed by atoms with Crippen LogP contribution in [0.25, 0.3) is 0 Å². The van der Waals surface area contributed by atoms with Gasteiger partial charge < -0.3 is 0 Å². The summed E-state index contributed by atoms with van der Waals surface area (Å²) in [4.78, 5) is 2.53. The summed E-state index contributed by atoms with van der Waals surface area (Å²) < 4.78 is 0. The van der Waals surface area contributed by atoms with Gasteiger partial charge in [0.25, 0.3) is 0 Å². The van der Waals surface area contributed by atoms with Crippen molar-refractivity contribution < 1.29 is 0 Å². The fraction of sp³-hybridized carbons (Fsp3) is 0.571. The molecule has 1 aromatic rings. The molecule has 0 spiro atoms. The average molecular weight is 205 g/mol. The third kappa shape index (κ3) is 2.82. The SMILES string of the molecule is CC.CCN1Cc2ccccc2CC1C. The van der Waals surface area contributed by atoms with E-state index in [1.54, 1.807) is 5.56 Å². The lowest BCUT2D eigenvalue weighted by Crippen LogP contribution is -2.37. The van der Waals surface area contributed by atoms with Gasteiger partial charge in [-0.05, 0) is 31.0 Å². The Morgan fingerprint density at radius 2 is 1.80 bits per heavy atom. The van der Waals surface area contributed by atoms with Crippen molar-refractivity contribution in [3.8, 4) is 0 Å². The molecule has 0 bridgehead atoms. The van der Waals surface area contributed by atoms with Crippen molar-refractivity contribution in [1.29, 1.82) is 0 Å². The highest BCUT2D eigenvalue weighted by atomic mass is 15.1. The lowest BCUT2D eigenvalue weighted by molar-refractivity contribution is 0.195. The van der Waals surface area contributed by atoms with Gasteiger partial charge in [-0.2, -0.15) is 0 Å². The number of fused-ring (bicyclic) bond motifs is 1. The number of hydrogen-bond donors (Lipinski definition) is 0. The highest BCUT2D eigenvalue weighted by Crippen LogP contribution is 2.22. The number of likely N-dealkylation sites (N-methyl/N-ethyl adjacent to an activating group) is 1. The number of hydrogen-bond acceptors (Lipinski definition) is 1. The lowest BCUT2D eigenvalue weighted by atomic mass is 9.95. The van der Waals surface area contributed by atoms with Crippen LogP contribution < -0.4 is 0 Å². The monoisotopic (exact) mass is 205 g/mol. The van der Waals surface area contributed by atoms with Crippen molar-refractivity contribution in [1.82, 2.24) is 4.90 Å². The van der Waals surface area contributed by atoms with E-state index in [9.17, 15) is 0 Å². The van der Waals surface area contributed by atoms with E-state index < -0.39 is 0 Å². The molecule has 1 aliphatic rings. The summed E-state index contributed by atoms with van der Waals surface area (Å²) in [5.74, 6) is 0. The molecule has 0 saturated heterocycles. The Morgan fingerprint density at radius 1 is 1.20 bits per heavy atom. The van der Waals surface area contributed by atoms with Crippen molar-refractivity contribution in [2.75, 3.05) is 6.54 Å². The predicted octanol–water partition coefficient (Wildman–Crippen LogP) is 3.48. The average Bonchev–Trinajstić information content (AvgIpc) is 2.31. The summed E-state index contributed by atoms with van der Waals surface area (Å²) in [7, 11) is 0. The zero-order valence-corrected chi connectivity index (χ0v) is 10.5. The van der Waals surface area contributed by atoms with Gasteiger partial charge in [0.05, 0.1) is 0 Å². The third-order valence-corrected chi connectivity index (χ3v) is 3.04. The molecule has 1 heterocycles. The second-order valence-corrected chi connectivity index (χ2v) is 3.88. The summed E-state index contributed by atoms with van der Waals surface area (Å²) in [5.41, 5.74) is 3.06. The van der Waals surface area contributed by atoms with Crippen LogP contribution in [0.1, 0.15) is 38.8 Å². The van der Waals surface area contributed by atoms with Crippen LogP contribution in [-0.4, -0.2) is 17.5 Å². The summed E-state index contributed by atoms with van der Waals surface area (Å²) in [6.07, 6.45) is 1.21. The van der Waals surface area contributed by atoms with E-state index in [0.29, 0.717) is 6.04 Å². The van der Waals surface area contributed by atoms with Gasteiger partial charge in [-0.15, -0.1) is 0 Å². The van der Waals surface area contributed by atoms with E-state index in [-0.39, 0.29) is 0 Å². The number of benzene rings is 1. The van der Waals surface area contributed by atoms with Gasteiger partial charge >= 0.3 is 0 Å². The molecule has 1 nitrogen and oxygen atoms in total. The van der Waals surface area contributed by atoms with Crippen molar-refractivity contribution >= 4 is 0 Å². The maximum absolute atomic E-state index is 2.53. The zero-order valence-electron chi connectivity index (χ0n) is 10.5. The molecule has 15 heavy (non-hydrogen) atoms. The highest BCUT2D eigenvalue weighted by Gasteiger charge is 2.20. The van der Waals surface area contributed by atoms with Crippen LogP contribution in [0.5, 0.6) is 0 Å². The lowest BCUT2D eigenvalue weighted by Gasteiger charge is -2.33. The summed E-state index contributed by atoms with van der Waals surface area (Å²) in [6, 6.07) is 9.51. The van der Waals surface area contributed by atoms with E-state index >= 15 is 0 Å². The molecule has 0 radical (unpaired) electrons. The van der Waals surface area contributed by atoms with Crippen LogP contribution in [0.2, 0.25) is 0 Å². The largest absolute Gasteiger partial charge is 0.296 e. The summed E-state index contributed by atoms with van der Waals surface area (Å²) in [5, 5.41) is 0. The molecule has 1 aromatic carbocycles. The Morgan fingerprint density at radius 3 is 2.40 bits per heavy atom. The molecular formula is C14H23N. The maximum Gasteiger partial charge on any atom is 0.0239 e. The molecule has 0 saturated carbocycles. The van der Waals surface area contributed by atoms with Gasteiger partial charge in [-0.25, -0.2) is 0 Å². The number of nitrogens with zero attached hydrogens (tertiary/aromatic N) is 1. The molecule has 0 aromatic heterocycles. The molecule has 0 fully saturated rings. The van der Waals surface area contributed by atoms with Gasteiger partial charge in [0, 0.05) is 12.6 Å². The van der Waals surface area contributed by atoms with Crippen LogP contribution in [0.15, 0.2) is 24.3 Å². The smallest absolute Gasteiger partial charge is 0.0239 e. The number of rotatable bonds is 1. The molecule has 1 unspecified atom stereocenters. The predicted molar refractivity (Wildman–Crippen MR) is 67.0 cm³/mol. The first-order chi connectivity index (χ1) is 7.31. The molecule has 1 heteroatoms. The molecule has 2 rings (SSSR count). The van der Waals surface area contributed by atoms with Crippen molar-refractivity contribution in [3.63, 3.8) is 0 Å². The van der Waals surface area contributed by atoms with Gasteiger partial charge in [0.15, 0.2) is 0 Å². The molecule has 84 valence electrons. The van der Waals surface area contributed by atoms with E-state index in [2.05, 4.69) is 43.0 Å². The van der Waals surface area contributed by atoms with Crippen molar-refractivity contribution in [2.24, 2.45) is 0 Å². The Kier molecular flexibility index (Phi) is 4.83.